The van der Waals surface area contributed by atoms with Crippen LogP contribution in [0.4, 0.5) is 0 Å². The Hall–Kier alpha value is -1.92. The minimum Gasteiger partial charge on any atom is -0.480 e. The van der Waals surface area contributed by atoms with Gasteiger partial charge in [-0.05, 0) is 12.8 Å². The highest BCUT2D eigenvalue weighted by molar-refractivity contribution is 5.85. The van der Waals surface area contributed by atoms with E-state index in [-0.39, 0.29) is 56.8 Å². The van der Waals surface area contributed by atoms with Crippen LogP contribution in [-0.4, -0.2) is 100 Å². The Kier molecular flexibility index (Phi) is 20.2. The van der Waals surface area contributed by atoms with Gasteiger partial charge in [0.2, 0.25) is 5.91 Å². The summed E-state index contributed by atoms with van der Waals surface area (Å²) in [5, 5.41) is 14.8. The Morgan fingerprint density at radius 2 is 1.37 bits per heavy atom. The molecule has 11 heteroatoms. The molecule has 0 spiro atoms. The van der Waals surface area contributed by atoms with Crippen molar-refractivity contribution in [2.24, 2.45) is 5.92 Å². The molecule has 0 aromatic rings. The van der Waals surface area contributed by atoms with E-state index in [4.69, 9.17) is 18.9 Å². The van der Waals surface area contributed by atoms with Gasteiger partial charge >= 0.3 is 5.97 Å². The van der Waals surface area contributed by atoms with E-state index in [1.54, 1.807) is 13.8 Å². The van der Waals surface area contributed by atoms with Crippen molar-refractivity contribution in [2.75, 3.05) is 59.4 Å². The summed E-state index contributed by atoms with van der Waals surface area (Å²) in [4.78, 5) is 46.5. The van der Waals surface area contributed by atoms with Crippen LogP contribution in [0.25, 0.3) is 0 Å². The number of aliphatic carboxylic acids is 1. The number of carboxylic acids is 1. The first-order valence-corrected chi connectivity index (χ1v) is 12.2. The van der Waals surface area contributed by atoms with Crippen molar-refractivity contribution < 1.29 is 43.2 Å². The van der Waals surface area contributed by atoms with Gasteiger partial charge in [-0.2, -0.15) is 0 Å². The molecule has 0 saturated heterocycles. The Morgan fingerprint density at radius 3 is 1.97 bits per heavy atom. The first kappa shape index (κ1) is 33.1. The fraction of sp³-hybridized carbons (Fsp3) is 0.833. The van der Waals surface area contributed by atoms with Gasteiger partial charge in [0, 0.05) is 38.0 Å². The van der Waals surface area contributed by atoms with Crippen LogP contribution >= 0.6 is 0 Å². The van der Waals surface area contributed by atoms with E-state index in [0.29, 0.717) is 45.3 Å². The number of amides is 1. The van der Waals surface area contributed by atoms with E-state index >= 15 is 0 Å². The molecular weight excluding hydrogens is 460 g/mol. The molecule has 35 heavy (non-hydrogen) atoms. The van der Waals surface area contributed by atoms with Gasteiger partial charge in [0.1, 0.15) is 25.0 Å². The molecule has 0 aliphatic carbocycles. The van der Waals surface area contributed by atoms with E-state index < -0.39 is 17.9 Å². The monoisotopic (exact) mass is 504 g/mol. The van der Waals surface area contributed by atoms with Crippen LogP contribution in [-0.2, 0) is 38.1 Å². The third kappa shape index (κ3) is 21.1. The third-order valence-electron chi connectivity index (χ3n) is 4.74. The lowest BCUT2D eigenvalue weighted by molar-refractivity contribution is -0.143. The standard InChI is InChI=1S/C24H44N2O9/c1-18(2)22(28)8-7-21(24(30)31)26-23(29)17-35-15-12-32-10-5-6-20(27)16-34-14-13-33-11-9-25-19(3)4/h18-19,21,25H,5-17H2,1-4H3,(H,26,29)(H,30,31)/t21-/m0/s1. The number of carboxylic acid groups (broad SMARTS) is 1. The lowest BCUT2D eigenvalue weighted by Crippen LogP contribution is -2.43. The Balaban J connectivity index is 3.64. The Labute approximate surface area is 208 Å². The van der Waals surface area contributed by atoms with Crippen molar-refractivity contribution in [1.29, 1.82) is 0 Å². The fourth-order valence-electron chi connectivity index (χ4n) is 2.72. The number of hydrogen-bond donors (Lipinski definition) is 3. The molecule has 1 atom stereocenters. The average Bonchev–Trinajstić information content (AvgIpc) is 2.79. The molecule has 0 fully saturated rings. The first-order chi connectivity index (χ1) is 16.6. The molecule has 204 valence electrons. The maximum absolute atomic E-state index is 11.9. The first-order valence-electron chi connectivity index (χ1n) is 12.2. The predicted octanol–water partition coefficient (Wildman–Crippen LogP) is 0.975. The fourth-order valence-corrected chi connectivity index (χ4v) is 2.72. The predicted molar refractivity (Wildman–Crippen MR) is 129 cm³/mol. The lowest BCUT2D eigenvalue weighted by Gasteiger charge is -2.15. The zero-order chi connectivity index (χ0) is 26.5. The molecule has 0 radical (unpaired) electrons. The van der Waals surface area contributed by atoms with E-state index in [0.717, 1.165) is 6.54 Å². The number of rotatable bonds is 24. The van der Waals surface area contributed by atoms with Crippen LogP contribution in [0.5, 0.6) is 0 Å². The summed E-state index contributed by atoms with van der Waals surface area (Å²) >= 11 is 0. The number of ether oxygens (including phenoxy) is 4. The second-order valence-electron chi connectivity index (χ2n) is 8.70. The molecule has 0 heterocycles. The molecule has 11 nitrogen and oxygen atoms in total. The van der Waals surface area contributed by atoms with Gasteiger partial charge in [-0.15, -0.1) is 0 Å². The van der Waals surface area contributed by atoms with Crippen LogP contribution in [0, 0.1) is 5.92 Å². The van der Waals surface area contributed by atoms with Crippen LogP contribution in [0.1, 0.15) is 53.4 Å². The van der Waals surface area contributed by atoms with Gasteiger partial charge in [-0.25, -0.2) is 4.79 Å². The molecule has 0 aromatic carbocycles. The normalized spacial score (nSPS) is 12.2. The van der Waals surface area contributed by atoms with Crippen LogP contribution < -0.4 is 10.6 Å². The Bertz CT molecular complexity index is 612. The van der Waals surface area contributed by atoms with Gasteiger partial charge < -0.3 is 34.7 Å². The number of ketones is 2. The van der Waals surface area contributed by atoms with Gasteiger partial charge in [-0.3, -0.25) is 14.4 Å². The van der Waals surface area contributed by atoms with E-state index in [9.17, 15) is 24.3 Å². The highest BCUT2D eigenvalue weighted by Crippen LogP contribution is 2.05. The number of hydrogen-bond acceptors (Lipinski definition) is 9. The van der Waals surface area contributed by atoms with Gasteiger partial charge in [0.15, 0.2) is 5.78 Å². The zero-order valence-electron chi connectivity index (χ0n) is 21.6. The summed E-state index contributed by atoms with van der Waals surface area (Å²) in [7, 11) is 0. The van der Waals surface area contributed by atoms with E-state index in [2.05, 4.69) is 24.5 Å². The summed E-state index contributed by atoms with van der Waals surface area (Å²) in [6, 6.07) is -0.709. The molecule has 0 aliphatic heterocycles. The molecule has 0 rings (SSSR count). The maximum atomic E-state index is 11.9. The molecule has 0 bridgehead atoms. The van der Waals surface area contributed by atoms with E-state index in [1.165, 1.54) is 0 Å². The molecule has 0 saturated carbocycles. The topological polar surface area (TPSA) is 149 Å². The summed E-state index contributed by atoms with van der Waals surface area (Å²) in [5.41, 5.74) is 0. The third-order valence-corrected chi connectivity index (χ3v) is 4.74. The van der Waals surface area contributed by atoms with Crippen molar-refractivity contribution >= 4 is 23.4 Å². The van der Waals surface area contributed by atoms with Crippen molar-refractivity contribution in [3.63, 3.8) is 0 Å². The highest BCUT2D eigenvalue weighted by atomic mass is 16.5. The average molecular weight is 505 g/mol. The summed E-state index contributed by atoms with van der Waals surface area (Å²) in [5.74, 6) is -2.00. The second-order valence-corrected chi connectivity index (χ2v) is 8.70. The van der Waals surface area contributed by atoms with Crippen molar-refractivity contribution in [3.8, 4) is 0 Å². The molecule has 0 aromatic heterocycles. The van der Waals surface area contributed by atoms with Gasteiger partial charge in [0.25, 0.3) is 0 Å². The minimum atomic E-state index is -1.19. The smallest absolute Gasteiger partial charge is 0.326 e. The molecule has 1 amide bonds. The van der Waals surface area contributed by atoms with Crippen molar-refractivity contribution in [1.82, 2.24) is 10.6 Å². The minimum absolute atomic E-state index is 0.00826. The molecule has 0 aliphatic rings. The SMILES string of the molecule is CC(C)NCCOCCOCC(=O)CCCOCCOCC(=O)N[C@@H](CCC(=O)C(C)C)C(=O)O. The maximum Gasteiger partial charge on any atom is 0.326 e. The number of carbonyl (C=O) groups excluding carboxylic acids is 3. The Morgan fingerprint density at radius 1 is 0.771 bits per heavy atom. The van der Waals surface area contributed by atoms with Crippen LogP contribution in [0.15, 0.2) is 0 Å². The summed E-state index contributed by atoms with van der Waals surface area (Å²) in [6.45, 7) is 10.3. The van der Waals surface area contributed by atoms with Crippen molar-refractivity contribution in [3.05, 3.63) is 0 Å². The van der Waals surface area contributed by atoms with Crippen LogP contribution in [0.3, 0.4) is 0 Å². The second kappa shape index (κ2) is 21.4. The van der Waals surface area contributed by atoms with Gasteiger partial charge in [0.05, 0.1) is 33.0 Å². The number of nitrogens with one attached hydrogen (secondary N) is 2. The largest absolute Gasteiger partial charge is 0.480 e. The van der Waals surface area contributed by atoms with E-state index in [1.807, 2.05) is 0 Å². The quantitative estimate of drug-likeness (QED) is 0.162. The molecule has 0 unspecified atom stereocenters. The summed E-state index contributed by atoms with van der Waals surface area (Å²) < 4.78 is 21.2. The number of carbonyl (C=O) groups is 4. The molecule has 3 N–H and O–H groups in total. The van der Waals surface area contributed by atoms with Crippen molar-refractivity contribution in [2.45, 2.75) is 65.5 Å². The molecular formula is C24H44N2O9. The van der Waals surface area contributed by atoms with Crippen LogP contribution in [0.2, 0.25) is 0 Å². The highest BCUT2D eigenvalue weighted by Gasteiger charge is 2.21. The van der Waals surface area contributed by atoms with Gasteiger partial charge in [-0.1, -0.05) is 27.7 Å². The zero-order valence-corrected chi connectivity index (χ0v) is 21.6. The number of Topliss-reactive ketones (excluding diaryl/α,β-unsaturated/α-hetero) is 2. The summed E-state index contributed by atoms with van der Waals surface area (Å²) in [6.07, 6.45) is 1.02. The lowest BCUT2D eigenvalue weighted by atomic mass is 10.0.